The Morgan fingerprint density at radius 1 is 0.690 bits per heavy atom. The number of hydrogen-bond acceptors (Lipinski definition) is 6. The Labute approximate surface area is 177 Å². The van der Waals surface area contributed by atoms with Crippen molar-refractivity contribution in [3.63, 3.8) is 0 Å². The maximum Gasteiger partial charge on any atom is 0.305 e. The van der Waals surface area contributed by atoms with Crippen molar-refractivity contribution >= 4 is 5.97 Å². The average molecular weight is 419 g/mol. The molecule has 29 heavy (non-hydrogen) atoms. The highest BCUT2D eigenvalue weighted by molar-refractivity contribution is 5.69. The lowest BCUT2D eigenvalue weighted by Gasteiger charge is -2.21. The molecular weight excluding hydrogens is 372 g/mol. The molecule has 6 nitrogen and oxygen atoms in total. The first-order valence-corrected chi connectivity index (χ1v) is 11.8. The molecule has 0 heterocycles. The van der Waals surface area contributed by atoms with Gasteiger partial charge < -0.3 is 25.2 Å². The van der Waals surface area contributed by atoms with E-state index in [1.807, 2.05) is 0 Å². The number of rotatable bonds is 21. The summed E-state index contributed by atoms with van der Waals surface area (Å²) in [4.78, 5) is 11.6. The zero-order valence-corrected chi connectivity index (χ0v) is 18.6. The van der Waals surface area contributed by atoms with Crippen LogP contribution in [-0.4, -0.2) is 57.9 Å². The van der Waals surface area contributed by atoms with Gasteiger partial charge in [0.25, 0.3) is 0 Å². The Bertz CT molecular complexity index is 363. The number of ether oxygens (including phenoxy) is 1. The molecule has 0 rings (SSSR count). The van der Waals surface area contributed by atoms with Gasteiger partial charge in [-0.3, -0.25) is 4.79 Å². The fraction of sp³-hybridized carbons (Fsp3) is 0.957. The number of hydrogen-bond donors (Lipinski definition) is 4. The van der Waals surface area contributed by atoms with Crippen LogP contribution in [-0.2, 0) is 9.53 Å². The van der Waals surface area contributed by atoms with Gasteiger partial charge >= 0.3 is 5.97 Å². The van der Waals surface area contributed by atoms with Crippen molar-refractivity contribution in [3.8, 4) is 0 Å². The molecule has 4 N–H and O–H groups in total. The molecule has 0 aliphatic heterocycles. The number of carbonyl (C=O) groups excluding carboxylic acids is 1. The minimum atomic E-state index is -1.53. The van der Waals surface area contributed by atoms with E-state index in [0.717, 1.165) is 19.3 Å². The van der Waals surface area contributed by atoms with Crippen LogP contribution in [0.4, 0.5) is 0 Å². The van der Waals surface area contributed by atoms with Gasteiger partial charge in [-0.05, 0) is 6.42 Å². The number of aliphatic hydroxyl groups is 4. The topological polar surface area (TPSA) is 107 Å². The van der Waals surface area contributed by atoms with E-state index >= 15 is 0 Å². The summed E-state index contributed by atoms with van der Waals surface area (Å²) in [6, 6.07) is 0. The second-order valence-corrected chi connectivity index (χ2v) is 8.19. The lowest BCUT2D eigenvalue weighted by molar-refractivity contribution is -0.152. The molecule has 6 heteroatoms. The zero-order chi connectivity index (χ0) is 21.7. The van der Waals surface area contributed by atoms with Crippen molar-refractivity contribution in [1.29, 1.82) is 0 Å². The summed E-state index contributed by atoms with van der Waals surface area (Å²) < 4.78 is 4.90. The molecular formula is C23H46O6. The van der Waals surface area contributed by atoms with Crippen molar-refractivity contribution in [2.24, 2.45) is 0 Å². The van der Waals surface area contributed by atoms with Crippen molar-refractivity contribution < 1.29 is 30.0 Å². The van der Waals surface area contributed by atoms with Crippen molar-refractivity contribution in [2.75, 3.05) is 13.2 Å². The van der Waals surface area contributed by atoms with Crippen LogP contribution in [0.1, 0.15) is 110 Å². The molecule has 0 bridgehead atoms. The van der Waals surface area contributed by atoms with Gasteiger partial charge in [0.1, 0.15) is 24.9 Å². The van der Waals surface area contributed by atoms with Gasteiger partial charge in [-0.15, -0.1) is 0 Å². The highest BCUT2D eigenvalue weighted by Gasteiger charge is 2.25. The third kappa shape index (κ3) is 17.8. The second kappa shape index (κ2) is 20.6. The first-order chi connectivity index (χ1) is 14.0. The van der Waals surface area contributed by atoms with Crippen LogP contribution in [0, 0.1) is 0 Å². The normalized spacial score (nSPS) is 14.5. The van der Waals surface area contributed by atoms with Gasteiger partial charge in [0.2, 0.25) is 0 Å². The molecule has 3 atom stereocenters. The number of esters is 1. The summed E-state index contributed by atoms with van der Waals surface area (Å²) in [7, 11) is 0. The van der Waals surface area contributed by atoms with E-state index < -0.39 is 30.9 Å². The molecule has 0 amide bonds. The Kier molecular flexibility index (Phi) is 20.1. The monoisotopic (exact) mass is 418 g/mol. The van der Waals surface area contributed by atoms with Crippen LogP contribution in [0.25, 0.3) is 0 Å². The van der Waals surface area contributed by atoms with Crippen LogP contribution in [0.3, 0.4) is 0 Å². The molecule has 0 aromatic rings. The van der Waals surface area contributed by atoms with Crippen LogP contribution >= 0.6 is 0 Å². The summed E-state index contributed by atoms with van der Waals surface area (Å²) in [6.07, 6.45) is 14.9. The van der Waals surface area contributed by atoms with Crippen LogP contribution in [0.5, 0.6) is 0 Å². The third-order valence-electron chi connectivity index (χ3n) is 5.38. The SMILES string of the molecule is CCCCCCCCCCCCCCCCCC(=O)OCC(O)C(O)C(O)CO. The van der Waals surface area contributed by atoms with Crippen molar-refractivity contribution in [3.05, 3.63) is 0 Å². The molecule has 0 radical (unpaired) electrons. The quantitative estimate of drug-likeness (QED) is 0.166. The average Bonchev–Trinajstić information content (AvgIpc) is 2.73. The molecule has 0 aliphatic carbocycles. The maximum absolute atomic E-state index is 11.6. The molecule has 3 unspecified atom stereocenters. The lowest BCUT2D eigenvalue weighted by atomic mass is 10.0. The molecule has 0 aromatic carbocycles. The Morgan fingerprint density at radius 2 is 1.10 bits per heavy atom. The van der Waals surface area contributed by atoms with Crippen molar-refractivity contribution in [2.45, 2.75) is 128 Å². The largest absolute Gasteiger partial charge is 0.463 e. The molecule has 0 fully saturated rings. The van der Waals surface area contributed by atoms with Crippen LogP contribution < -0.4 is 0 Å². The van der Waals surface area contributed by atoms with E-state index in [-0.39, 0.29) is 6.61 Å². The fourth-order valence-corrected chi connectivity index (χ4v) is 3.35. The molecule has 174 valence electrons. The van der Waals surface area contributed by atoms with E-state index in [9.17, 15) is 20.1 Å². The Balaban J connectivity index is 3.35. The van der Waals surface area contributed by atoms with Gasteiger partial charge in [-0.25, -0.2) is 0 Å². The van der Waals surface area contributed by atoms with Gasteiger partial charge in [-0.1, -0.05) is 96.8 Å². The highest BCUT2D eigenvalue weighted by atomic mass is 16.5. The smallest absolute Gasteiger partial charge is 0.305 e. The highest BCUT2D eigenvalue weighted by Crippen LogP contribution is 2.14. The summed E-state index contributed by atoms with van der Waals surface area (Å²) in [5, 5.41) is 37.0. The maximum atomic E-state index is 11.6. The zero-order valence-electron chi connectivity index (χ0n) is 18.6. The fourth-order valence-electron chi connectivity index (χ4n) is 3.35. The number of carbonyl (C=O) groups is 1. The number of aliphatic hydroxyl groups excluding tert-OH is 4. The van der Waals surface area contributed by atoms with E-state index in [0.29, 0.717) is 6.42 Å². The predicted octanol–water partition coefficient (Wildman–Crippen LogP) is 3.87. The Hall–Kier alpha value is -0.690. The van der Waals surface area contributed by atoms with Crippen molar-refractivity contribution in [1.82, 2.24) is 0 Å². The van der Waals surface area contributed by atoms with Gasteiger partial charge in [0.05, 0.1) is 6.61 Å². The van der Waals surface area contributed by atoms with Gasteiger partial charge in [0, 0.05) is 6.42 Å². The molecule has 0 saturated carbocycles. The van der Waals surface area contributed by atoms with Crippen LogP contribution in [0.15, 0.2) is 0 Å². The minimum Gasteiger partial charge on any atom is -0.463 e. The van der Waals surface area contributed by atoms with Crippen LogP contribution in [0.2, 0.25) is 0 Å². The molecule has 0 saturated heterocycles. The Morgan fingerprint density at radius 3 is 1.52 bits per heavy atom. The first kappa shape index (κ1) is 28.3. The van der Waals surface area contributed by atoms with Gasteiger partial charge in [0.15, 0.2) is 0 Å². The summed E-state index contributed by atoms with van der Waals surface area (Å²) in [6.45, 7) is 1.21. The molecule has 0 aliphatic rings. The van der Waals surface area contributed by atoms with E-state index in [1.165, 1.54) is 77.0 Å². The van der Waals surface area contributed by atoms with E-state index in [4.69, 9.17) is 9.84 Å². The minimum absolute atomic E-state index is 0.295. The first-order valence-electron chi connectivity index (χ1n) is 11.8. The summed E-state index contributed by atoms with van der Waals surface area (Å²) in [5.74, 6) is -0.413. The predicted molar refractivity (Wildman–Crippen MR) is 116 cm³/mol. The number of unbranched alkanes of at least 4 members (excludes halogenated alkanes) is 14. The lowest BCUT2D eigenvalue weighted by Crippen LogP contribution is -2.42. The third-order valence-corrected chi connectivity index (χ3v) is 5.38. The van der Waals surface area contributed by atoms with E-state index in [1.54, 1.807) is 0 Å². The summed E-state index contributed by atoms with van der Waals surface area (Å²) in [5.41, 5.74) is 0. The molecule has 0 aromatic heterocycles. The van der Waals surface area contributed by atoms with E-state index in [2.05, 4.69) is 6.92 Å². The standard InChI is InChI=1S/C23H46O6/c1-2-3-4-5-6-7-8-9-10-11-12-13-14-15-16-17-22(27)29-19-21(26)23(28)20(25)18-24/h20-21,23-26,28H,2-19H2,1H3. The summed E-state index contributed by atoms with van der Waals surface area (Å²) >= 11 is 0. The molecule has 0 spiro atoms. The second-order valence-electron chi connectivity index (χ2n) is 8.19. The van der Waals surface area contributed by atoms with Gasteiger partial charge in [-0.2, -0.15) is 0 Å².